The van der Waals surface area contributed by atoms with Crippen LogP contribution in [0.15, 0.2) is 6.07 Å². The van der Waals surface area contributed by atoms with Crippen molar-refractivity contribution in [2.45, 2.75) is 46.0 Å². The monoisotopic (exact) mass is 233 g/mol. The van der Waals surface area contributed by atoms with Gasteiger partial charge in [0.25, 0.3) is 0 Å². The predicted molar refractivity (Wildman–Crippen MR) is 66.2 cm³/mol. The number of nitrogens with zero attached hydrogens (tertiary/aromatic N) is 1. The van der Waals surface area contributed by atoms with E-state index in [-0.39, 0.29) is 5.97 Å². The number of pyridine rings is 1. The summed E-state index contributed by atoms with van der Waals surface area (Å²) in [4.78, 5) is 16.4. The maximum Gasteiger partial charge on any atom is 0.339 e. The predicted octanol–water partition coefficient (Wildman–Crippen LogP) is 2.84. The number of ether oxygens (including phenoxy) is 1. The molecule has 17 heavy (non-hydrogen) atoms. The van der Waals surface area contributed by atoms with Crippen LogP contribution < -0.4 is 0 Å². The highest BCUT2D eigenvalue weighted by molar-refractivity contribution is 5.90. The fraction of sp³-hybridized carbons (Fsp3) is 0.571. The first-order valence-electron chi connectivity index (χ1n) is 6.39. The van der Waals surface area contributed by atoms with Crippen LogP contribution in [0.3, 0.4) is 0 Å². The first-order valence-corrected chi connectivity index (χ1v) is 6.39. The molecule has 0 saturated carbocycles. The maximum atomic E-state index is 11.8. The molecule has 0 spiro atoms. The molecular weight excluding hydrogens is 214 g/mol. The van der Waals surface area contributed by atoms with Gasteiger partial charge in [-0.15, -0.1) is 0 Å². The molecule has 3 heteroatoms. The molecule has 0 atom stereocenters. The lowest BCUT2D eigenvalue weighted by Gasteiger charge is -2.10. The number of carbonyl (C=O) groups is 1. The molecule has 0 radical (unpaired) electrons. The highest BCUT2D eigenvalue weighted by Gasteiger charge is 2.16. The molecule has 2 rings (SSSR count). The van der Waals surface area contributed by atoms with Crippen LogP contribution in [0.4, 0.5) is 0 Å². The van der Waals surface area contributed by atoms with Crippen molar-refractivity contribution in [1.82, 2.24) is 4.98 Å². The molecule has 92 valence electrons. The van der Waals surface area contributed by atoms with Crippen molar-refractivity contribution < 1.29 is 9.53 Å². The molecule has 1 heterocycles. The molecule has 0 bridgehead atoms. The molecule has 0 saturated heterocycles. The summed E-state index contributed by atoms with van der Waals surface area (Å²) >= 11 is 0. The Kier molecular flexibility index (Phi) is 3.77. The molecule has 0 aliphatic heterocycles. The molecule has 0 N–H and O–H groups in total. The van der Waals surface area contributed by atoms with E-state index in [0.29, 0.717) is 12.2 Å². The first kappa shape index (κ1) is 12.1. The molecule has 0 amide bonds. The molecule has 3 nitrogen and oxygen atoms in total. The van der Waals surface area contributed by atoms with E-state index in [1.165, 1.54) is 30.5 Å². The van der Waals surface area contributed by atoms with Crippen molar-refractivity contribution in [2.24, 2.45) is 0 Å². The quantitative estimate of drug-likeness (QED) is 0.582. The SMILES string of the molecule is CCOC(=O)c1cc2c(nc1C)CCCCC2. The molecule has 1 aliphatic carbocycles. The Balaban J connectivity index is 2.35. The molecule has 0 aromatic carbocycles. The first-order chi connectivity index (χ1) is 8.22. The lowest BCUT2D eigenvalue weighted by molar-refractivity contribution is 0.0525. The van der Waals surface area contributed by atoms with Crippen LogP contribution in [0.2, 0.25) is 0 Å². The molecule has 1 aromatic rings. The number of fused-ring (bicyclic) bond motifs is 1. The van der Waals surface area contributed by atoms with Gasteiger partial charge in [-0.25, -0.2) is 4.79 Å². The minimum atomic E-state index is -0.246. The van der Waals surface area contributed by atoms with Crippen LogP contribution >= 0.6 is 0 Å². The summed E-state index contributed by atoms with van der Waals surface area (Å²) in [5.41, 5.74) is 3.83. The molecule has 0 fully saturated rings. The van der Waals surface area contributed by atoms with E-state index in [1.807, 2.05) is 19.9 Å². The Morgan fingerprint density at radius 3 is 2.88 bits per heavy atom. The average molecular weight is 233 g/mol. The van der Waals surface area contributed by atoms with Gasteiger partial charge < -0.3 is 4.74 Å². The van der Waals surface area contributed by atoms with Gasteiger partial charge >= 0.3 is 5.97 Å². The van der Waals surface area contributed by atoms with Gasteiger partial charge in [-0.2, -0.15) is 0 Å². The van der Waals surface area contributed by atoms with E-state index < -0.39 is 0 Å². The van der Waals surface area contributed by atoms with Crippen LogP contribution in [0.5, 0.6) is 0 Å². The van der Waals surface area contributed by atoms with Crippen LogP contribution in [-0.4, -0.2) is 17.6 Å². The molecular formula is C14H19NO2. The van der Waals surface area contributed by atoms with E-state index in [2.05, 4.69) is 4.98 Å². The van der Waals surface area contributed by atoms with Gasteiger partial charge in [0.15, 0.2) is 0 Å². The van der Waals surface area contributed by atoms with Crippen molar-refractivity contribution in [3.63, 3.8) is 0 Å². The third-order valence-electron chi connectivity index (χ3n) is 3.24. The van der Waals surface area contributed by atoms with Crippen molar-refractivity contribution in [1.29, 1.82) is 0 Å². The van der Waals surface area contributed by atoms with Gasteiger partial charge in [-0.1, -0.05) is 6.42 Å². The van der Waals surface area contributed by atoms with E-state index in [9.17, 15) is 4.79 Å². The topological polar surface area (TPSA) is 39.2 Å². The second-order valence-electron chi connectivity index (χ2n) is 4.51. The maximum absolute atomic E-state index is 11.8. The highest BCUT2D eigenvalue weighted by atomic mass is 16.5. The van der Waals surface area contributed by atoms with Crippen LogP contribution in [0.25, 0.3) is 0 Å². The Labute approximate surface area is 102 Å². The third-order valence-corrected chi connectivity index (χ3v) is 3.24. The summed E-state index contributed by atoms with van der Waals surface area (Å²) in [5, 5.41) is 0. The number of aryl methyl sites for hydroxylation is 3. The molecule has 1 aliphatic rings. The van der Waals surface area contributed by atoms with Crippen molar-refractivity contribution in [3.05, 3.63) is 28.6 Å². The van der Waals surface area contributed by atoms with E-state index >= 15 is 0 Å². The number of esters is 1. The Hall–Kier alpha value is -1.38. The van der Waals surface area contributed by atoms with Crippen molar-refractivity contribution >= 4 is 5.97 Å². The second-order valence-corrected chi connectivity index (χ2v) is 4.51. The minimum Gasteiger partial charge on any atom is -0.462 e. The van der Waals surface area contributed by atoms with Gasteiger partial charge in [0.05, 0.1) is 17.9 Å². The Morgan fingerprint density at radius 1 is 1.35 bits per heavy atom. The van der Waals surface area contributed by atoms with E-state index in [1.54, 1.807) is 0 Å². The van der Waals surface area contributed by atoms with Crippen LogP contribution in [-0.2, 0) is 17.6 Å². The summed E-state index contributed by atoms with van der Waals surface area (Å²) < 4.78 is 5.05. The second kappa shape index (κ2) is 5.30. The number of rotatable bonds is 2. The van der Waals surface area contributed by atoms with Crippen LogP contribution in [0, 0.1) is 6.92 Å². The largest absolute Gasteiger partial charge is 0.462 e. The Morgan fingerprint density at radius 2 is 2.12 bits per heavy atom. The smallest absolute Gasteiger partial charge is 0.339 e. The zero-order chi connectivity index (χ0) is 12.3. The molecule has 1 aromatic heterocycles. The summed E-state index contributed by atoms with van der Waals surface area (Å²) in [6.45, 7) is 4.12. The third kappa shape index (κ3) is 2.65. The summed E-state index contributed by atoms with van der Waals surface area (Å²) in [5.74, 6) is -0.246. The van der Waals surface area contributed by atoms with Crippen molar-refractivity contribution in [3.8, 4) is 0 Å². The zero-order valence-corrected chi connectivity index (χ0v) is 10.6. The van der Waals surface area contributed by atoms with E-state index in [0.717, 1.165) is 18.5 Å². The lowest BCUT2D eigenvalue weighted by Crippen LogP contribution is -2.10. The fourth-order valence-electron chi connectivity index (χ4n) is 2.33. The summed E-state index contributed by atoms with van der Waals surface area (Å²) in [7, 11) is 0. The number of carbonyl (C=O) groups excluding carboxylic acids is 1. The van der Waals surface area contributed by atoms with Crippen molar-refractivity contribution in [2.75, 3.05) is 6.61 Å². The van der Waals surface area contributed by atoms with E-state index in [4.69, 9.17) is 4.74 Å². The number of aromatic nitrogens is 1. The Bertz CT molecular complexity index is 426. The number of hydrogen-bond acceptors (Lipinski definition) is 3. The number of hydrogen-bond donors (Lipinski definition) is 0. The summed E-state index contributed by atoms with van der Waals surface area (Å²) in [6, 6.07) is 1.99. The molecule has 0 unspecified atom stereocenters. The highest BCUT2D eigenvalue weighted by Crippen LogP contribution is 2.22. The van der Waals surface area contributed by atoms with Gasteiger partial charge in [0.2, 0.25) is 0 Å². The van der Waals surface area contributed by atoms with Gasteiger partial charge in [0, 0.05) is 5.69 Å². The summed E-state index contributed by atoms with van der Waals surface area (Å²) in [6.07, 6.45) is 5.73. The van der Waals surface area contributed by atoms with Gasteiger partial charge in [0.1, 0.15) is 0 Å². The van der Waals surface area contributed by atoms with Gasteiger partial charge in [-0.3, -0.25) is 4.98 Å². The van der Waals surface area contributed by atoms with Gasteiger partial charge in [-0.05, 0) is 51.2 Å². The lowest BCUT2D eigenvalue weighted by atomic mass is 10.0. The zero-order valence-electron chi connectivity index (χ0n) is 10.6. The normalized spacial score (nSPS) is 14.9. The average Bonchev–Trinajstić information content (AvgIpc) is 2.52. The standard InChI is InChI=1S/C14H19NO2/c1-3-17-14(16)12-9-11-7-5-4-6-8-13(11)15-10(12)2/h9H,3-8H2,1-2H3. The van der Waals surface area contributed by atoms with Crippen LogP contribution in [0.1, 0.15) is 53.5 Å². The minimum absolute atomic E-state index is 0.246. The fourth-order valence-corrected chi connectivity index (χ4v) is 2.33.